The van der Waals surface area contributed by atoms with Gasteiger partial charge in [-0.3, -0.25) is 10.00 Å². The molecule has 0 spiro atoms. The van der Waals surface area contributed by atoms with Crippen LogP contribution in [0.25, 0.3) is 0 Å². The van der Waals surface area contributed by atoms with E-state index in [1.54, 1.807) is 23.1 Å². The van der Waals surface area contributed by atoms with Crippen molar-refractivity contribution in [2.24, 2.45) is 0 Å². The summed E-state index contributed by atoms with van der Waals surface area (Å²) in [5.41, 5.74) is 0.979. The van der Waals surface area contributed by atoms with Gasteiger partial charge in [-0.1, -0.05) is 0 Å². The Balaban J connectivity index is 1.53. The van der Waals surface area contributed by atoms with Gasteiger partial charge in [-0.05, 0) is 38.1 Å². The molecule has 3 rings (SSSR count). The summed E-state index contributed by atoms with van der Waals surface area (Å²) in [5.74, 6) is 0.326. The average Bonchev–Trinajstić information content (AvgIpc) is 3.04. The van der Waals surface area contributed by atoms with Crippen LogP contribution >= 0.6 is 0 Å². The molecule has 2 aromatic rings. The summed E-state index contributed by atoms with van der Waals surface area (Å²) < 4.78 is 14.8. The van der Waals surface area contributed by atoms with Gasteiger partial charge in [0.25, 0.3) is 0 Å². The molecule has 0 bridgehead atoms. The molecular weight excluding hydrogens is 309 g/mol. The van der Waals surface area contributed by atoms with Crippen LogP contribution in [-0.2, 0) is 0 Å². The van der Waals surface area contributed by atoms with Crippen molar-refractivity contribution in [2.45, 2.75) is 19.9 Å². The van der Waals surface area contributed by atoms with E-state index in [4.69, 9.17) is 0 Å². The second kappa shape index (κ2) is 6.90. The highest BCUT2D eigenvalue weighted by Gasteiger charge is 2.21. The number of rotatable bonds is 3. The lowest BCUT2D eigenvalue weighted by atomic mass is 10.2. The maximum atomic E-state index is 13.0. The van der Waals surface area contributed by atoms with Crippen molar-refractivity contribution in [1.29, 1.82) is 0 Å². The van der Waals surface area contributed by atoms with Crippen molar-refractivity contribution < 1.29 is 9.18 Å². The first kappa shape index (κ1) is 16.3. The van der Waals surface area contributed by atoms with Crippen LogP contribution in [0.1, 0.15) is 19.9 Å². The van der Waals surface area contributed by atoms with E-state index in [2.05, 4.69) is 15.3 Å². The maximum absolute atomic E-state index is 13.0. The van der Waals surface area contributed by atoms with Gasteiger partial charge in [-0.25, -0.2) is 9.18 Å². The summed E-state index contributed by atoms with van der Waals surface area (Å²) in [6, 6.07) is 8.37. The van der Waals surface area contributed by atoms with Gasteiger partial charge in [0.05, 0.1) is 0 Å². The molecule has 0 atom stereocenters. The largest absolute Gasteiger partial charge is 0.368 e. The number of amides is 2. The van der Waals surface area contributed by atoms with E-state index in [9.17, 15) is 9.18 Å². The fourth-order valence-corrected chi connectivity index (χ4v) is 2.70. The smallest absolute Gasteiger partial charge is 0.323 e. The molecule has 2 amide bonds. The number of anilines is 2. The molecule has 128 valence electrons. The van der Waals surface area contributed by atoms with Crippen molar-refractivity contribution in [2.75, 3.05) is 36.4 Å². The first-order valence-corrected chi connectivity index (χ1v) is 8.14. The lowest BCUT2D eigenvalue weighted by molar-refractivity contribution is 0.208. The number of nitrogens with zero attached hydrogens (tertiary/aromatic N) is 4. The zero-order valence-electron chi connectivity index (χ0n) is 13.9. The number of benzene rings is 1. The van der Waals surface area contributed by atoms with Crippen LogP contribution in [0.2, 0.25) is 0 Å². The number of urea groups is 1. The first-order chi connectivity index (χ1) is 11.5. The van der Waals surface area contributed by atoms with Crippen LogP contribution in [0, 0.1) is 5.82 Å². The lowest BCUT2D eigenvalue weighted by Crippen LogP contribution is -2.50. The number of aromatic nitrogens is 2. The highest BCUT2D eigenvalue weighted by Crippen LogP contribution is 2.17. The van der Waals surface area contributed by atoms with Crippen molar-refractivity contribution in [3.8, 4) is 0 Å². The standard InChI is InChI=1S/C17H22FN5O/c1-13(2)23-8-7-16(20-23)19-17(24)22-11-9-21(10-12-22)15-5-3-14(18)4-6-15/h3-8,13H,9-12H2,1-2H3,(H,19,20,24). The number of carbonyl (C=O) groups excluding carboxylic acids is 1. The number of nitrogens with one attached hydrogen (secondary N) is 1. The Morgan fingerprint density at radius 2 is 1.79 bits per heavy atom. The lowest BCUT2D eigenvalue weighted by Gasteiger charge is -2.35. The minimum Gasteiger partial charge on any atom is -0.368 e. The Morgan fingerprint density at radius 1 is 1.12 bits per heavy atom. The number of hydrogen-bond donors (Lipinski definition) is 1. The molecule has 0 radical (unpaired) electrons. The zero-order chi connectivity index (χ0) is 17.1. The minimum atomic E-state index is -0.238. The van der Waals surface area contributed by atoms with Gasteiger partial charge < -0.3 is 9.80 Å². The molecule has 1 N–H and O–H groups in total. The molecule has 0 saturated carbocycles. The molecule has 0 aliphatic carbocycles. The predicted molar refractivity (Wildman–Crippen MR) is 91.8 cm³/mol. The SMILES string of the molecule is CC(C)n1ccc(NC(=O)N2CCN(c3ccc(F)cc3)CC2)n1. The summed E-state index contributed by atoms with van der Waals surface area (Å²) in [5, 5.41) is 7.16. The molecule has 1 aromatic heterocycles. The highest BCUT2D eigenvalue weighted by atomic mass is 19.1. The van der Waals surface area contributed by atoms with Gasteiger partial charge in [0.15, 0.2) is 5.82 Å². The van der Waals surface area contributed by atoms with Crippen molar-refractivity contribution >= 4 is 17.5 Å². The third-order valence-electron chi connectivity index (χ3n) is 4.13. The number of piperazine rings is 1. The van der Waals surface area contributed by atoms with E-state index in [0.29, 0.717) is 18.9 Å². The first-order valence-electron chi connectivity index (χ1n) is 8.14. The second-order valence-electron chi connectivity index (χ2n) is 6.16. The Morgan fingerprint density at radius 3 is 2.38 bits per heavy atom. The summed E-state index contributed by atoms with van der Waals surface area (Å²) in [4.78, 5) is 16.3. The fourth-order valence-electron chi connectivity index (χ4n) is 2.70. The summed E-state index contributed by atoms with van der Waals surface area (Å²) in [6.45, 7) is 6.75. The number of hydrogen-bond acceptors (Lipinski definition) is 3. The van der Waals surface area contributed by atoms with E-state index in [0.717, 1.165) is 18.8 Å². The van der Waals surface area contributed by atoms with E-state index < -0.39 is 0 Å². The number of carbonyl (C=O) groups is 1. The molecule has 1 aliphatic rings. The fraction of sp³-hybridized carbons (Fsp3) is 0.412. The Bertz CT molecular complexity index is 689. The quantitative estimate of drug-likeness (QED) is 0.941. The van der Waals surface area contributed by atoms with Crippen LogP contribution < -0.4 is 10.2 Å². The summed E-state index contributed by atoms with van der Waals surface area (Å²) in [7, 11) is 0. The van der Waals surface area contributed by atoms with Gasteiger partial charge >= 0.3 is 6.03 Å². The normalized spacial score (nSPS) is 15.0. The van der Waals surface area contributed by atoms with Crippen molar-refractivity contribution in [3.05, 3.63) is 42.3 Å². The van der Waals surface area contributed by atoms with Crippen LogP contribution in [0.15, 0.2) is 36.5 Å². The Labute approximate surface area is 140 Å². The predicted octanol–water partition coefficient (Wildman–Crippen LogP) is 2.96. The molecule has 7 heteroatoms. The average molecular weight is 331 g/mol. The molecule has 1 aromatic carbocycles. The summed E-state index contributed by atoms with van der Waals surface area (Å²) in [6.07, 6.45) is 1.85. The third-order valence-corrected chi connectivity index (χ3v) is 4.13. The molecule has 1 fully saturated rings. The maximum Gasteiger partial charge on any atom is 0.323 e. The van der Waals surface area contributed by atoms with Gasteiger partial charge in [-0.2, -0.15) is 5.10 Å². The summed E-state index contributed by atoms with van der Waals surface area (Å²) >= 11 is 0. The van der Waals surface area contributed by atoms with E-state index in [-0.39, 0.29) is 17.9 Å². The molecular formula is C17H22FN5O. The molecule has 0 unspecified atom stereocenters. The van der Waals surface area contributed by atoms with E-state index in [1.807, 2.05) is 24.7 Å². The van der Waals surface area contributed by atoms with Gasteiger partial charge in [0.1, 0.15) is 5.82 Å². The third kappa shape index (κ3) is 3.67. The Kier molecular flexibility index (Phi) is 4.69. The minimum absolute atomic E-state index is 0.136. The van der Waals surface area contributed by atoms with Gasteiger partial charge in [0, 0.05) is 50.2 Å². The van der Waals surface area contributed by atoms with E-state index in [1.165, 1.54) is 12.1 Å². The molecule has 1 aliphatic heterocycles. The van der Waals surface area contributed by atoms with Gasteiger partial charge in [-0.15, -0.1) is 0 Å². The topological polar surface area (TPSA) is 53.4 Å². The molecule has 1 saturated heterocycles. The molecule has 6 nitrogen and oxygen atoms in total. The van der Waals surface area contributed by atoms with Crippen LogP contribution in [0.3, 0.4) is 0 Å². The molecule has 2 heterocycles. The van der Waals surface area contributed by atoms with Crippen molar-refractivity contribution in [3.63, 3.8) is 0 Å². The van der Waals surface area contributed by atoms with Crippen molar-refractivity contribution in [1.82, 2.24) is 14.7 Å². The highest BCUT2D eigenvalue weighted by molar-refractivity contribution is 5.88. The van der Waals surface area contributed by atoms with Crippen LogP contribution in [0.4, 0.5) is 20.7 Å². The number of halogens is 1. The van der Waals surface area contributed by atoms with Gasteiger partial charge in [0.2, 0.25) is 0 Å². The molecule has 24 heavy (non-hydrogen) atoms. The monoisotopic (exact) mass is 331 g/mol. The Hall–Kier alpha value is -2.57. The van der Waals surface area contributed by atoms with Crippen LogP contribution in [0.5, 0.6) is 0 Å². The second-order valence-corrected chi connectivity index (χ2v) is 6.16. The zero-order valence-corrected chi connectivity index (χ0v) is 13.9. The van der Waals surface area contributed by atoms with Crippen LogP contribution in [-0.4, -0.2) is 46.9 Å². The van der Waals surface area contributed by atoms with E-state index >= 15 is 0 Å².